The number of anilines is 2. The molecule has 0 aliphatic carbocycles. The van der Waals surface area contributed by atoms with E-state index in [1.807, 2.05) is 30.3 Å². The zero-order valence-electron chi connectivity index (χ0n) is 12.8. The fraction of sp³-hybridized carbons (Fsp3) is 0.294. The molecule has 0 aliphatic heterocycles. The van der Waals surface area contributed by atoms with Gasteiger partial charge in [-0.05, 0) is 30.5 Å². The zero-order chi connectivity index (χ0) is 16.7. The van der Waals surface area contributed by atoms with Crippen molar-refractivity contribution in [1.29, 1.82) is 10.5 Å². The highest BCUT2D eigenvalue weighted by Crippen LogP contribution is 2.23. The van der Waals surface area contributed by atoms with Crippen molar-refractivity contribution in [3.8, 4) is 12.1 Å². The molecule has 5 nitrogen and oxygen atoms in total. The Morgan fingerprint density at radius 3 is 2.30 bits per heavy atom. The molecule has 1 aromatic heterocycles. The Kier molecular flexibility index (Phi) is 5.91. The van der Waals surface area contributed by atoms with E-state index in [-0.39, 0.29) is 22.4 Å². The Labute approximate surface area is 140 Å². The molecule has 1 aromatic carbocycles. The van der Waals surface area contributed by atoms with Crippen LogP contribution in [0, 0.1) is 22.7 Å². The van der Waals surface area contributed by atoms with Gasteiger partial charge in [-0.1, -0.05) is 43.5 Å². The zero-order valence-corrected chi connectivity index (χ0v) is 13.6. The molecule has 0 amide bonds. The highest BCUT2D eigenvalue weighted by Gasteiger charge is 2.12. The first-order valence-electron chi connectivity index (χ1n) is 7.41. The van der Waals surface area contributed by atoms with Gasteiger partial charge in [0.05, 0.1) is 0 Å². The molecule has 0 bridgehead atoms. The van der Waals surface area contributed by atoms with Crippen molar-refractivity contribution in [2.45, 2.75) is 32.6 Å². The van der Waals surface area contributed by atoms with Crippen LogP contribution in [0.15, 0.2) is 24.3 Å². The van der Waals surface area contributed by atoms with Crippen molar-refractivity contribution >= 4 is 23.1 Å². The molecule has 0 fully saturated rings. The summed E-state index contributed by atoms with van der Waals surface area (Å²) < 4.78 is 0. The Balaban J connectivity index is 2.13. The first kappa shape index (κ1) is 16.7. The van der Waals surface area contributed by atoms with Gasteiger partial charge in [0.15, 0.2) is 22.4 Å². The Bertz CT molecular complexity index is 756. The average molecular weight is 326 g/mol. The number of hydrogen-bond donors (Lipinski definition) is 1. The van der Waals surface area contributed by atoms with Gasteiger partial charge in [0, 0.05) is 5.69 Å². The number of rotatable bonds is 6. The number of nitriles is 2. The second-order valence-corrected chi connectivity index (χ2v) is 5.42. The van der Waals surface area contributed by atoms with Crippen LogP contribution in [0.5, 0.6) is 0 Å². The van der Waals surface area contributed by atoms with Gasteiger partial charge in [-0.3, -0.25) is 0 Å². The molecule has 23 heavy (non-hydrogen) atoms. The van der Waals surface area contributed by atoms with Crippen LogP contribution < -0.4 is 5.32 Å². The van der Waals surface area contributed by atoms with Crippen LogP contribution in [0.25, 0.3) is 0 Å². The predicted octanol–water partition coefficient (Wildman–Crippen LogP) is 4.35. The molecule has 0 spiro atoms. The van der Waals surface area contributed by atoms with Crippen LogP contribution in [0.4, 0.5) is 11.5 Å². The van der Waals surface area contributed by atoms with Gasteiger partial charge in [0.2, 0.25) is 0 Å². The van der Waals surface area contributed by atoms with E-state index in [1.54, 1.807) is 6.07 Å². The minimum atomic E-state index is -0.0747. The molecule has 6 heteroatoms. The first-order chi connectivity index (χ1) is 11.2. The maximum Gasteiger partial charge on any atom is 0.179 e. The number of unbranched alkanes of at least 4 members (excludes halogenated alkanes) is 2. The molecule has 1 heterocycles. The third-order valence-electron chi connectivity index (χ3n) is 3.35. The quantitative estimate of drug-likeness (QED) is 0.798. The van der Waals surface area contributed by atoms with E-state index in [0.717, 1.165) is 12.1 Å². The molecule has 0 unspecified atom stereocenters. The molecule has 2 aromatic rings. The van der Waals surface area contributed by atoms with Crippen LogP contribution in [0.3, 0.4) is 0 Å². The number of benzene rings is 1. The maximum atomic E-state index is 9.00. The number of aryl methyl sites for hydroxylation is 1. The number of nitrogens with one attached hydrogen (secondary N) is 1. The first-order valence-corrected chi connectivity index (χ1v) is 7.79. The summed E-state index contributed by atoms with van der Waals surface area (Å²) in [5.74, 6) is 0.265. The van der Waals surface area contributed by atoms with Crippen molar-refractivity contribution in [2.24, 2.45) is 0 Å². The van der Waals surface area contributed by atoms with Crippen LogP contribution in [-0.2, 0) is 6.42 Å². The number of hydrogen-bond acceptors (Lipinski definition) is 5. The van der Waals surface area contributed by atoms with Crippen molar-refractivity contribution in [2.75, 3.05) is 5.32 Å². The van der Waals surface area contributed by atoms with E-state index in [1.165, 1.54) is 24.8 Å². The largest absolute Gasteiger partial charge is 0.338 e. The van der Waals surface area contributed by atoms with Crippen molar-refractivity contribution in [3.05, 3.63) is 46.4 Å². The summed E-state index contributed by atoms with van der Waals surface area (Å²) >= 11 is 6.01. The number of aromatic nitrogens is 2. The minimum absolute atomic E-state index is 0.0458. The van der Waals surface area contributed by atoms with Crippen LogP contribution in [0.2, 0.25) is 5.15 Å². The third-order valence-corrected chi connectivity index (χ3v) is 3.61. The molecular weight excluding hydrogens is 310 g/mol. The van der Waals surface area contributed by atoms with Gasteiger partial charge in [0.1, 0.15) is 12.1 Å². The normalized spacial score (nSPS) is 9.91. The van der Waals surface area contributed by atoms with Crippen LogP contribution >= 0.6 is 11.6 Å². The van der Waals surface area contributed by atoms with Gasteiger partial charge in [-0.25, -0.2) is 9.97 Å². The smallest absolute Gasteiger partial charge is 0.179 e. The maximum absolute atomic E-state index is 9.00. The number of nitrogens with zero attached hydrogens (tertiary/aromatic N) is 4. The predicted molar refractivity (Wildman–Crippen MR) is 89.4 cm³/mol. The molecular formula is C17H16ClN5. The topological polar surface area (TPSA) is 85.4 Å². The van der Waals surface area contributed by atoms with E-state index in [2.05, 4.69) is 22.2 Å². The lowest BCUT2D eigenvalue weighted by Crippen LogP contribution is -2.02. The molecule has 0 saturated carbocycles. The SMILES string of the molecule is CCCCCc1ccc(Nc2nc(C#N)c(C#N)nc2Cl)cc1. The van der Waals surface area contributed by atoms with Crippen molar-refractivity contribution < 1.29 is 0 Å². The molecule has 0 atom stereocenters. The summed E-state index contributed by atoms with van der Waals surface area (Å²) in [7, 11) is 0. The summed E-state index contributed by atoms with van der Waals surface area (Å²) in [6.07, 6.45) is 4.68. The molecule has 116 valence electrons. The lowest BCUT2D eigenvalue weighted by atomic mass is 10.1. The van der Waals surface area contributed by atoms with Crippen LogP contribution in [0.1, 0.15) is 43.1 Å². The fourth-order valence-electron chi connectivity index (χ4n) is 2.12. The monoisotopic (exact) mass is 325 g/mol. The summed E-state index contributed by atoms with van der Waals surface area (Å²) in [6, 6.07) is 11.6. The lowest BCUT2D eigenvalue weighted by molar-refractivity contribution is 0.717. The van der Waals surface area contributed by atoms with Crippen molar-refractivity contribution in [1.82, 2.24) is 9.97 Å². The Morgan fingerprint density at radius 1 is 1.04 bits per heavy atom. The van der Waals surface area contributed by atoms with E-state index >= 15 is 0 Å². The van der Waals surface area contributed by atoms with E-state index < -0.39 is 0 Å². The molecule has 0 radical (unpaired) electrons. The van der Waals surface area contributed by atoms with E-state index in [9.17, 15) is 0 Å². The minimum Gasteiger partial charge on any atom is -0.338 e. The standard InChI is InChI=1S/C17H16ClN5/c1-2-3-4-5-12-6-8-13(9-7-12)21-17-16(18)22-14(10-19)15(11-20)23-17/h6-9H,2-5H2,1H3,(H,21,23). The van der Waals surface area contributed by atoms with E-state index in [4.69, 9.17) is 22.1 Å². The Morgan fingerprint density at radius 2 is 1.70 bits per heavy atom. The summed E-state index contributed by atoms with van der Waals surface area (Å²) in [6.45, 7) is 2.19. The van der Waals surface area contributed by atoms with Crippen LogP contribution in [-0.4, -0.2) is 9.97 Å². The fourth-order valence-corrected chi connectivity index (χ4v) is 2.29. The number of halogens is 1. The van der Waals surface area contributed by atoms with Gasteiger partial charge >= 0.3 is 0 Å². The lowest BCUT2D eigenvalue weighted by Gasteiger charge is -2.08. The van der Waals surface area contributed by atoms with Gasteiger partial charge in [-0.15, -0.1) is 0 Å². The summed E-state index contributed by atoms with van der Waals surface area (Å²) in [5.41, 5.74) is 1.96. The average Bonchev–Trinajstić information content (AvgIpc) is 2.58. The second kappa shape index (κ2) is 8.12. The molecule has 1 N–H and O–H groups in total. The van der Waals surface area contributed by atoms with Gasteiger partial charge in [-0.2, -0.15) is 10.5 Å². The summed E-state index contributed by atoms with van der Waals surface area (Å²) in [5, 5.41) is 21.0. The van der Waals surface area contributed by atoms with Gasteiger partial charge in [0.25, 0.3) is 0 Å². The van der Waals surface area contributed by atoms with Gasteiger partial charge < -0.3 is 5.32 Å². The molecule has 2 rings (SSSR count). The molecule has 0 saturated heterocycles. The van der Waals surface area contributed by atoms with E-state index in [0.29, 0.717) is 0 Å². The second-order valence-electron chi connectivity index (χ2n) is 5.06. The highest BCUT2D eigenvalue weighted by atomic mass is 35.5. The highest BCUT2D eigenvalue weighted by molar-refractivity contribution is 6.31. The summed E-state index contributed by atoms with van der Waals surface area (Å²) in [4.78, 5) is 7.93. The molecule has 0 aliphatic rings. The Hall–Kier alpha value is -2.63. The third kappa shape index (κ3) is 4.42. The van der Waals surface area contributed by atoms with Crippen molar-refractivity contribution in [3.63, 3.8) is 0 Å².